The Labute approximate surface area is 122 Å². The first-order valence-electron chi connectivity index (χ1n) is 6.47. The number of rotatable bonds is 6. The van der Waals surface area contributed by atoms with Gasteiger partial charge in [-0.1, -0.05) is 20.8 Å². The van der Waals surface area contributed by atoms with Crippen LogP contribution in [0.4, 0.5) is 17.1 Å². The topological polar surface area (TPSA) is 111 Å². The molecule has 0 aromatic heterocycles. The van der Waals surface area contributed by atoms with Gasteiger partial charge >= 0.3 is 5.69 Å². The van der Waals surface area contributed by atoms with Crippen LogP contribution in [0.5, 0.6) is 0 Å². The van der Waals surface area contributed by atoms with Crippen LogP contribution in [0, 0.1) is 32.1 Å². The average Bonchev–Trinajstić information content (AvgIpc) is 2.43. The van der Waals surface area contributed by atoms with Crippen molar-refractivity contribution in [1.29, 1.82) is 0 Å². The molecule has 0 aliphatic rings. The quantitative estimate of drug-likeness (QED) is 0.489. The zero-order valence-electron chi connectivity index (χ0n) is 12.4. The molecule has 0 saturated heterocycles. The lowest BCUT2D eigenvalue weighted by molar-refractivity contribution is -0.393. The molecule has 8 heteroatoms. The molecule has 0 bridgehead atoms. The number of nitro groups is 2. The van der Waals surface area contributed by atoms with Crippen LogP contribution < -0.4 is 5.43 Å². The Kier molecular flexibility index (Phi) is 5.34. The van der Waals surface area contributed by atoms with Gasteiger partial charge in [-0.05, 0) is 24.8 Å². The van der Waals surface area contributed by atoms with Gasteiger partial charge in [0, 0.05) is 11.8 Å². The molecule has 0 fully saturated rings. The van der Waals surface area contributed by atoms with Crippen LogP contribution >= 0.6 is 0 Å². The maximum Gasteiger partial charge on any atom is 0.301 e. The number of anilines is 1. The van der Waals surface area contributed by atoms with E-state index < -0.39 is 9.85 Å². The summed E-state index contributed by atoms with van der Waals surface area (Å²) in [6.07, 6.45) is 0. The van der Waals surface area contributed by atoms with Crippen molar-refractivity contribution in [3.05, 3.63) is 38.4 Å². The van der Waals surface area contributed by atoms with E-state index in [4.69, 9.17) is 0 Å². The molecule has 0 heterocycles. The number of hydrogen-bond donors (Lipinski definition) is 1. The smallest absolute Gasteiger partial charge is 0.272 e. The van der Waals surface area contributed by atoms with Crippen LogP contribution in [0.2, 0.25) is 0 Å². The summed E-state index contributed by atoms with van der Waals surface area (Å²) in [6.45, 7) is 7.94. The minimum atomic E-state index is -0.675. The van der Waals surface area contributed by atoms with E-state index in [2.05, 4.69) is 24.4 Å². The fraction of sp³-hybridized carbons (Fsp3) is 0.462. The van der Waals surface area contributed by atoms with Crippen LogP contribution in [0.1, 0.15) is 27.7 Å². The lowest BCUT2D eigenvalue weighted by Crippen LogP contribution is -2.15. The van der Waals surface area contributed by atoms with Gasteiger partial charge in [0.25, 0.3) is 5.69 Å². The first-order chi connectivity index (χ1) is 9.73. The molecule has 0 amide bonds. The lowest BCUT2D eigenvalue weighted by Gasteiger charge is -2.15. The molecule has 1 rings (SSSR count). The molecule has 1 unspecified atom stereocenters. The molecule has 1 atom stereocenters. The number of hydrogen-bond acceptors (Lipinski definition) is 6. The number of nitro benzene ring substituents is 2. The van der Waals surface area contributed by atoms with Gasteiger partial charge < -0.3 is 0 Å². The Balaban J connectivity index is 3.06. The van der Waals surface area contributed by atoms with E-state index in [0.29, 0.717) is 5.92 Å². The number of nitrogens with zero attached hydrogens (tertiary/aromatic N) is 3. The summed E-state index contributed by atoms with van der Waals surface area (Å²) in [5.41, 5.74) is 2.84. The third-order valence-corrected chi connectivity index (χ3v) is 3.40. The summed E-state index contributed by atoms with van der Waals surface area (Å²) in [5.74, 6) is 0.608. The first-order valence-corrected chi connectivity index (χ1v) is 6.47. The van der Waals surface area contributed by atoms with Crippen LogP contribution in [-0.2, 0) is 0 Å². The molecule has 0 saturated carbocycles. The van der Waals surface area contributed by atoms with Crippen molar-refractivity contribution >= 4 is 22.8 Å². The lowest BCUT2D eigenvalue weighted by atomic mass is 9.94. The zero-order valence-corrected chi connectivity index (χ0v) is 12.4. The van der Waals surface area contributed by atoms with Gasteiger partial charge in [0.05, 0.1) is 15.9 Å². The second-order valence-electron chi connectivity index (χ2n) is 5.11. The minimum Gasteiger partial charge on any atom is -0.272 e. The van der Waals surface area contributed by atoms with Gasteiger partial charge in [-0.3, -0.25) is 25.7 Å². The van der Waals surface area contributed by atoms with Crippen molar-refractivity contribution in [3.8, 4) is 0 Å². The van der Waals surface area contributed by atoms with E-state index >= 15 is 0 Å². The summed E-state index contributed by atoms with van der Waals surface area (Å²) >= 11 is 0. The normalized spacial score (nSPS) is 13.1. The zero-order chi connectivity index (χ0) is 16.2. The van der Waals surface area contributed by atoms with E-state index in [9.17, 15) is 20.2 Å². The molecule has 0 aliphatic heterocycles. The molecule has 1 aromatic rings. The van der Waals surface area contributed by atoms with Gasteiger partial charge in [-0.15, -0.1) is 0 Å². The largest absolute Gasteiger partial charge is 0.301 e. The molecule has 21 heavy (non-hydrogen) atoms. The number of benzene rings is 1. The average molecular weight is 294 g/mol. The summed E-state index contributed by atoms with van der Waals surface area (Å²) in [4.78, 5) is 20.3. The Bertz CT molecular complexity index is 584. The van der Waals surface area contributed by atoms with Gasteiger partial charge in [-0.2, -0.15) is 5.10 Å². The Hall–Kier alpha value is -2.51. The van der Waals surface area contributed by atoms with Crippen molar-refractivity contribution in [3.63, 3.8) is 0 Å². The minimum absolute atomic E-state index is 0.126. The second-order valence-corrected chi connectivity index (χ2v) is 5.11. The predicted octanol–water partition coefficient (Wildman–Crippen LogP) is 3.58. The maximum atomic E-state index is 11.0. The van der Waals surface area contributed by atoms with Gasteiger partial charge in [0.2, 0.25) is 0 Å². The molecule has 0 spiro atoms. The summed E-state index contributed by atoms with van der Waals surface area (Å²) < 4.78 is 0. The summed E-state index contributed by atoms with van der Waals surface area (Å²) in [5, 5.41) is 25.8. The van der Waals surface area contributed by atoms with Crippen LogP contribution in [0.25, 0.3) is 0 Å². The molecule has 8 nitrogen and oxygen atoms in total. The summed E-state index contributed by atoms with van der Waals surface area (Å²) in [6, 6.07) is 3.40. The van der Waals surface area contributed by atoms with Crippen molar-refractivity contribution in [2.24, 2.45) is 16.9 Å². The van der Waals surface area contributed by atoms with Crippen molar-refractivity contribution in [2.75, 3.05) is 5.43 Å². The van der Waals surface area contributed by atoms with E-state index in [1.54, 1.807) is 0 Å². The second kappa shape index (κ2) is 6.78. The molecule has 1 aromatic carbocycles. The Morgan fingerprint density at radius 3 is 2.29 bits per heavy atom. The van der Waals surface area contributed by atoms with Gasteiger partial charge in [-0.25, -0.2) is 0 Å². The molecule has 114 valence electrons. The third kappa shape index (κ3) is 4.23. The van der Waals surface area contributed by atoms with Gasteiger partial charge in [0.15, 0.2) is 0 Å². The molecular formula is C13H18N4O4. The van der Waals surface area contributed by atoms with Crippen molar-refractivity contribution in [2.45, 2.75) is 27.7 Å². The molecule has 0 radical (unpaired) electrons. The molecular weight excluding hydrogens is 276 g/mol. The SMILES string of the molecule is C/C(=N/Nc1ccc([N+](=O)[O-])cc1[N+](=O)[O-])C(C)C(C)C. The summed E-state index contributed by atoms with van der Waals surface area (Å²) in [7, 11) is 0. The predicted molar refractivity (Wildman–Crippen MR) is 80.5 cm³/mol. The van der Waals surface area contributed by atoms with Crippen LogP contribution in [-0.4, -0.2) is 15.6 Å². The highest BCUT2D eigenvalue weighted by molar-refractivity contribution is 5.85. The third-order valence-electron chi connectivity index (χ3n) is 3.40. The fourth-order valence-electron chi connectivity index (χ4n) is 1.61. The monoisotopic (exact) mass is 294 g/mol. The highest BCUT2D eigenvalue weighted by atomic mass is 16.6. The number of nitrogens with one attached hydrogen (secondary N) is 1. The molecule has 1 N–H and O–H groups in total. The fourth-order valence-corrected chi connectivity index (χ4v) is 1.61. The number of hydrazone groups is 1. The van der Waals surface area contributed by atoms with E-state index in [1.807, 2.05) is 13.8 Å². The Morgan fingerprint density at radius 1 is 1.19 bits per heavy atom. The van der Waals surface area contributed by atoms with E-state index in [-0.39, 0.29) is 23.0 Å². The number of non-ortho nitro benzene ring substituents is 1. The van der Waals surface area contributed by atoms with Crippen LogP contribution in [0.3, 0.4) is 0 Å². The van der Waals surface area contributed by atoms with E-state index in [0.717, 1.165) is 11.8 Å². The highest BCUT2D eigenvalue weighted by Crippen LogP contribution is 2.29. The first kappa shape index (κ1) is 16.5. The Morgan fingerprint density at radius 2 is 1.81 bits per heavy atom. The van der Waals surface area contributed by atoms with E-state index in [1.165, 1.54) is 12.1 Å². The van der Waals surface area contributed by atoms with Crippen LogP contribution in [0.15, 0.2) is 23.3 Å². The maximum absolute atomic E-state index is 11.0. The standard InChI is InChI=1S/C13H18N4O4/c1-8(2)9(3)10(4)14-15-12-6-5-11(16(18)19)7-13(12)17(20)21/h5-9,15H,1-4H3/b14-10-. The highest BCUT2D eigenvalue weighted by Gasteiger charge is 2.19. The van der Waals surface area contributed by atoms with Crippen molar-refractivity contribution < 1.29 is 9.85 Å². The van der Waals surface area contributed by atoms with Gasteiger partial charge in [0.1, 0.15) is 5.69 Å². The molecule has 0 aliphatic carbocycles. The van der Waals surface area contributed by atoms with Crippen molar-refractivity contribution in [1.82, 2.24) is 0 Å².